The van der Waals surface area contributed by atoms with E-state index in [1.807, 2.05) is 4.90 Å². The molecule has 0 radical (unpaired) electrons. The number of piperazine rings is 1. The van der Waals surface area contributed by atoms with Crippen molar-refractivity contribution in [3.8, 4) is 5.75 Å². The molecule has 3 aliphatic rings. The molecule has 2 aromatic rings. The van der Waals surface area contributed by atoms with Crippen molar-refractivity contribution in [1.82, 2.24) is 14.8 Å². The van der Waals surface area contributed by atoms with Crippen LogP contribution in [0.25, 0.3) is 0 Å². The predicted octanol–water partition coefficient (Wildman–Crippen LogP) is 3.31. The van der Waals surface area contributed by atoms with E-state index in [1.165, 1.54) is 29.9 Å². The van der Waals surface area contributed by atoms with Gasteiger partial charge in [0, 0.05) is 49.1 Å². The second-order valence-corrected chi connectivity index (χ2v) is 10.1. The summed E-state index contributed by atoms with van der Waals surface area (Å²) in [5.41, 5.74) is 1.15. The van der Waals surface area contributed by atoms with Gasteiger partial charge in [-0.1, -0.05) is 11.3 Å². The first kappa shape index (κ1) is 20.7. The van der Waals surface area contributed by atoms with E-state index in [-0.39, 0.29) is 18.3 Å². The Morgan fingerprint density at radius 3 is 2.61 bits per heavy atom. The molecule has 0 spiro atoms. The van der Waals surface area contributed by atoms with Crippen molar-refractivity contribution < 1.29 is 13.9 Å². The standard InChI is InChI=1S/C23H29FN4O2S/c1-15(2)27-11-17-5-6-18(12-27)28(17)23-25-20-9-10-26(13-21(20)31-23)22(29)14-30-19-7-3-16(24)4-8-19/h3-4,7-8,15,17-18H,5-6,9-14H2,1-2H3. The number of benzene rings is 1. The lowest BCUT2D eigenvalue weighted by Gasteiger charge is -2.42. The molecule has 1 aromatic carbocycles. The number of nitrogens with zero attached hydrogens (tertiary/aromatic N) is 4. The van der Waals surface area contributed by atoms with Gasteiger partial charge in [0.25, 0.3) is 5.91 Å². The fourth-order valence-corrected chi connectivity index (χ4v) is 6.21. The van der Waals surface area contributed by atoms with Gasteiger partial charge in [-0.25, -0.2) is 9.37 Å². The van der Waals surface area contributed by atoms with Crippen LogP contribution in [0.2, 0.25) is 0 Å². The number of thiazole rings is 1. The Labute approximate surface area is 186 Å². The quantitative estimate of drug-likeness (QED) is 0.708. The SMILES string of the molecule is CC(C)N1CC2CCC(C1)N2c1nc2c(s1)CN(C(=O)COc1ccc(F)cc1)CC2. The van der Waals surface area contributed by atoms with Crippen LogP contribution in [0.1, 0.15) is 37.3 Å². The first-order valence-electron chi connectivity index (χ1n) is 11.1. The molecule has 3 aliphatic heterocycles. The summed E-state index contributed by atoms with van der Waals surface area (Å²) in [5, 5.41) is 1.14. The highest BCUT2D eigenvalue weighted by atomic mass is 32.1. The lowest BCUT2D eigenvalue weighted by molar-refractivity contribution is -0.134. The van der Waals surface area contributed by atoms with Crippen molar-refractivity contribution >= 4 is 22.4 Å². The molecule has 1 amide bonds. The van der Waals surface area contributed by atoms with Crippen LogP contribution in [0.15, 0.2) is 24.3 Å². The summed E-state index contributed by atoms with van der Waals surface area (Å²) < 4.78 is 18.6. The Kier molecular flexibility index (Phi) is 5.60. The minimum Gasteiger partial charge on any atom is -0.484 e. The van der Waals surface area contributed by atoms with Gasteiger partial charge in [0.15, 0.2) is 11.7 Å². The van der Waals surface area contributed by atoms with E-state index in [0.717, 1.165) is 30.3 Å². The molecule has 0 aliphatic carbocycles. The lowest BCUT2D eigenvalue weighted by atomic mass is 10.1. The zero-order chi connectivity index (χ0) is 21.5. The Morgan fingerprint density at radius 1 is 1.23 bits per heavy atom. The molecule has 166 valence electrons. The smallest absolute Gasteiger partial charge is 0.260 e. The van der Waals surface area contributed by atoms with Gasteiger partial charge in [-0.3, -0.25) is 9.69 Å². The summed E-state index contributed by atoms with van der Waals surface area (Å²) >= 11 is 1.76. The van der Waals surface area contributed by atoms with Gasteiger partial charge in [0.05, 0.1) is 12.2 Å². The number of aromatic nitrogens is 1. The first-order valence-corrected chi connectivity index (χ1v) is 12.0. The topological polar surface area (TPSA) is 48.9 Å². The molecule has 2 bridgehead atoms. The molecular weight excluding hydrogens is 415 g/mol. The number of amides is 1. The predicted molar refractivity (Wildman–Crippen MR) is 119 cm³/mol. The van der Waals surface area contributed by atoms with Gasteiger partial charge in [-0.05, 0) is 51.0 Å². The molecule has 31 heavy (non-hydrogen) atoms. The fraction of sp³-hybridized carbons (Fsp3) is 0.565. The molecule has 4 heterocycles. The highest BCUT2D eigenvalue weighted by Crippen LogP contribution is 2.39. The average Bonchev–Trinajstić information content (AvgIpc) is 3.29. The monoisotopic (exact) mass is 444 g/mol. The summed E-state index contributed by atoms with van der Waals surface area (Å²) in [6.07, 6.45) is 3.27. The third-order valence-electron chi connectivity index (χ3n) is 6.71. The van der Waals surface area contributed by atoms with E-state index in [0.29, 0.717) is 37.0 Å². The lowest BCUT2D eigenvalue weighted by Crippen LogP contribution is -2.55. The number of hydrogen-bond donors (Lipinski definition) is 0. The van der Waals surface area contributed by atoms with E-state index in [4.69, 9.17) is 9.72 Å². The summed E-state index contributed by atoms with van der Waals surface area (Å²) in [7, 11) is 0. The molecule has 1 aromatic heterocycles. The Bertz CT molecular complexity index is 934. The molecule has 0 N–H and O–H groups in total. The summed E-state index contributed by atoms with van der Waals surface area (Å²) in [6, 6.07) is 7.44. The number of carbonyl (C=O) groups is 1. The second kappa shape index (κ2) is 8.39. The van der Waals surface area contributed by atoms with Gasteiger partial charge >= 0.3 is 0 Å². The minimum absolute atomic E-state index is 0.0338. The van der Waals surface area contributed by atoms with Crippen molar-refractivity contribution in [2.45, 2.75) is 57.8 Å². The minimum atomic E-state index is -0.317. The highest BCUT2D eigenvalue weighted by molar-refractivity contribution is 7.15. The van der Waals surface area contributed by atoms with Crippen LogP contribution in [0.5, 0.6) is 5.75 Å². The maximum atomic E-state index is 13.0. The molecule has 2 saturated heterocycles. The number of likely N-dealkylation sites (tertiary alicyclic amines) is 1. The number of carbonyl (C=O) groups excluding carboxylic acids is 1. The summed E-state index contributed by atoms with van der Waals surface area (Å²) in [4.78, 5) is 25.9. The van der Waals surface area contributed by atoms with Gasteiger partial charge in [0.2, 0.25) is 0 Å². The first-order chi connectivity index (χ1) is 15.0. The number of fused-ring (bicyclic) bond motifs is 3. The average molecular weight is 445 g/mol. The van der Waals surface area contributed by atoms with Gasteiger partial charge < -0.3 is 14.5 Å². The molecule has 2 unspecified atom stereocenters. The van der Waals surface area contributed by atoms with Crippen molar-refractivity contribution in [3.63, 3.8) is 0 Å². The van der Waals surface area contributed by atoms with Crippen LogP contribution in [0.4, 0.5) is 9.52 Å². The Morgan fingerprint density at radius 2 is 1.94 bits per heavy atom. The highest BCUT2D eigenvalue weighted by Gasteiger charge is 2.42. The Balaban J connectivity index is 1.22. The number of ether oxygens (including phenoxy) is 1. The number of hydrogen-bond acceptors (Lipinski definition) is 6. The number of rotatable bonds is 5. The summed E-state index contributed by atoms with van der Waals surface area (Å²) in [6.45, 7) is 8.02. The van der Waals surface area contributed by atoms with Crippen LogP contribution in [-0.2, 0) is 17.8 Å². The van der Waals surface area contributed by atoms with Crippen LogP contribution >= 0.6 is 11.3 Å². The summed E-state index contributed by atoms with van der Waals surface area (Å²) in [5.74, 6) is 0.140. The van der Waals surface area contributed by atoms with Crippen LogP contribution in [-0.4, -0.2) is 65.1 Å². The van der Waals surface area contributed by atoms with Crippen molar-refractivity contribution in [3.05, 3.63) is 40.7 Å². The molecule has 2 fully saturated rings. The van der Waals surface area contributed by atoms with E-state index in [9.17, 15) is 9.18 Å². The van der Waals surface area contributed by atoms with Crippen molar-refractivity contribution in [2.75, 3.05) is 31.1 Å². The van der Waals surface area contributed by atoms with E-state index >= 15 is 0 Å². The van der Waals surface area contributed by atoms with E-state index in [1.54, 1.807) is 23.5 Å². The molecule has 6 nitrogen and oxygen atoms in total. The van der Waals surface area contributed by atoms with Crippen molar-refractivity contribution in [2.24, 2.45) is 0 Å². The van der Waals surface area contributed by atoms with E-state index < -0.39 is 0 Å². The molecule has 5 rings (SSSR count). The number of anilines is 1. The largest absolute Gasteiger partial charge is 0.484 e. The Hall–Kier alpha value is -2.19. The van der Waals surface area contributed by atoms with Gasteiger partial charge in [-0.15, -0.1) is 0 Å². The zero-order valence-electron chi connectivity index (χ0n) is 18.1. The van der Waals surface area contributed by atoms with Crippen LogP contribution in [0, 0.1) is 5.82 Å². The normalized spacial score (nSPS) is 23.4. The fourth-order valence-electron chi connectivity index (χ4n) is 4.94. The van der Waals surface area contributed by atoms with Gasteiger partial charge in [0.1, 0.15) is 11.6 Å². The zero-order valence-corrected chi connectivity index (χ0v) is 18.9. The van der Waals surface area contributed by atoms with E-state index in [2.05, 4.69) is 23.6 Å². The maximum Gasteiger partial charge on any atom is 0.260 e. The third-order valence-corrected chi connectivity index (χ3v) is 7.81. The van der Waals surface area contributed by atoms with Crippen LogP contribution < -0.4 is 9.64 Å². The van der Waals surface area contributed by atoms with Crippen molar-refractivity contribution in [1.29, 1.82) is 0 Å². The molecular formula is C23H29FN4O2S. The third kappa shape index (κ3) is 4.15. The molecule has 0 saturated carbocycles. The van der Waals surface area contributed by atoms with Gasteiger partial charge in [-0.2, -0.15) is 0 Å². The van der Waals surface area contributed by atoms with Crippen LogP contribution in [0.3, 0.4) is 0 Å². The molecule has 2 atom stereocenters. The maximum absolute atomic E-state index is 13.0. The molecule has 8 heteroatoms. The number of halogens is 1. The second-order valence-electron chi connectivity index (χ2n) is 9.01.